The maximum Gasteiger partial charge on any atom is 0.359 e. The monoisotopic (exact) mass is 596 g/mol. The quantitative estimate of drug-likeness (QED) is 0.0601. The highest BCUT2D eigenvalue weighted by Crippen LogP contribution is 2.41. The summed E-state index contributed by atoms with van der Waals surface area (Å²) in [5, 5.41) is 20.7. The summed E-state index contributed by atoms with van der Waals surface area (Å²) in [7, 11) is 0. The maximum atomic E-state index is 13.5. The van der Waals surface area contributed by atoms with Crippen molar-refractivity contribution in [1.29, 1.82) is 0 Å². The minimum atomic E-state index is -1.13. The number of esters is 1. The van der Waals surface area contributed by atoms with Crippen LogP contribution < -0.4 is 4.74 Å². The Labute approximate surface area is 239 Å². The van der Waals surface area contributed by atoms with E-state index >= 15 is 0 Å². The normalized spacial score (nSPS) is 18.5. The van der Waals surface area contributed by atoms with Crippen LogP contribution in [0.25, 0.3) is 0 Å². The Balaban J connectivity index is 2.04. The van der Waals surface area contributed by atoms with Gasteiger partial charge in [0, 0.05) is 22.6 Å². The molecule has 2 aromatic carbocycles. The molecule has 1 saturated heterocycles. The summed E-state index contributed by atoms with van der Waals surface area (Å²) in [6.07, 6.45) is -1.10. The molecular formula is C26H26Cl2N2O8S. The van der Waals surface area contributed by atoms with E-state index in [4.69, 9.17) is 32.7 Å². The van der Waals surface area contributed by atoms with E-state index in [-0.39, 0.29) is 28.3 Å². The lowest BCUT2D eigenvalue weighted by Crippen LogP contribution is -2.62. The van der Waals surface area contributed by atoms with Gasteiger partial charge in [-0.1, -0.05) is 44.0 Å². The van der Waals surface area contributed by atoms with Crippen LogP contribution >= 0.6 is 35.0 Å². The van der Waals surface area contributed by atoms with Crippen molar-refractivity contribution in [3.8, 4) is 5.75 Å². The molecule has 0 unspecified atom stereocenters. The Morgan fingerprint density at radius 2 is 1.74 bits per heavy atom. The van der Waals surface area contributed by atoms with Gasteiger partial charge in [-0.05, 0) is 60.6 Å². The van der Waals surface area contributed by atoms with E-state index < -0.39 is 45.4 Å². The number of halogens is 2. The van der Waals surface area contributed by atoms with Gasteiger partial charge < -0.3 is 14.6 Å². The number of hydrogen-bond acceptors (Lipinski definition) is 9. The van der Waals surface area contributed by atoms with Crippen molar-refractivity contribution >= 4 is 57.6 Å². The predicted molar refractivity (Wildman–Crippen MR) is 146 cm³/mol. The average Bonchev–Trinajstić information content (AvgIpc) is 2.86. The number of carbonyl (C=O) groups is 3. The smallest absolute Gasteiger partial charge is 0.359 e. The van der Waals surface area contributed by atoms with Crippen LogP contribution in [0.2, 0.25) is 5.02 Å². The van der Waals surface area contributed by atoms with Gasteiger partial charge >= 0.3 is 5.97 Å². The standard InChI is InChI=1S/C26H26Cl2N2O8S/c1-14(31)19-21(28)29(22(19)32)20(23(33)37-13-15-5-9-17(10-6-15)30(35)36)24(39-25(34)26(2,3)4)38-18-11-7-16(27)8-12-18/h5-12,14,19,21,31H,13H2,1-4H3/t14-,19-,21-/m1/s1. The Morgan fingerprint density at radius 3 is 2.23 bits per heavy atom. The van der Waals surface area contributed by atoms with Gasteiger partial charge in [0.1, 0.15) is 17.9 Å². The molecule has 1 aliphatic rings. The van der Waals surface area contributed by atoms with E-state index in [1.54, 1.807) is 32.9 Å². The van der Waals surface area contributed by atoms with E-state index in [1.165, 1.54) is 43.3 Å². The van der Waals surface area contributed by atoms with Crippen LogP contribution in [0.15, 0.2) is 59.3 Å². The predicted octanol–water partition coefficient (Wildman–Crippen LogP) is 5.25. The largest absolute Gasteiger partial charge is 0.456 e. The lowest BCUT2D eigenvalue weighted by molar-refractivity contribution is -0.384. The molecular weight excluding hydrogens is 571 g/mol. The fourth-order valence-electron chi connectivity index (χ4n) is 3.32. The first-order chi connectivity index (χ1) is 18.2. The molecule has 0 saturated carbocycles. The second kappa shape index (κ2) is 12.4. The number of rotatable bonds is 9. The number of hydrogen-bond donors (Lipinski definition) is 1. The minimum Gasteiger partial charge on any atom is -0.456 e. The zero-order chi connectivity index (χ0) is 29.1. The number of carbonyl (C=O) groups excluding carboxylic acids is 3. The van der Waals surface area contributed by atoms with Crippen molar-refractivity contribution in [1.82, 2.24) is 4.90 Å². The topological polar surface area (TPSA) is 136 Å². The number of β-lactam (4-membered cyclic amide) rings is 1. The molecule has 0 bridgehead atoms. The van der Waals surface area contributed by atoms with Crippen LogP contribution in [0.4, 0.5) is 5.69 Å². The fourth-order valence-corrected chi connectivity index (χ4v) is 4.85. The molecule has 1 fully saturated rings. The molecule has 10 nitrogen and oxygen atoms in total. The summed E-state index contributed by atoms with van der Waals surface area (Å²) in [6, 6.07) is 11.5. The Kier molecular flexibility index (Phi) is 9.65. The molecule has 13 heteroatoms. The number of ether oxygens (including phenoxy) is 2. The van der Waals surface area contributed by atoms with Gasteiger partial charge in [0.15, 0.2) is 10.8 Å². The molecule has 0 aromatic heterocycles. The summed E-state index contributed by atoms with van der Waals surface area (Å²) < 4.78 is 11.4. The van der Waals surface area contributed by atoms with E-state index in [0.717, 1.165) is 4.90 Å². The number of likely N-dealkylation sites (tertiary alicyclic amines) is 1. The third kappa shape index (κ3) is 7.30. The van der Waals surface area contributed by atoms with E-state index in [2.05, 4.69) is 0 Å². The molecule has 0 spiro atoms. The van der Waals surface area contributed by atoms with Gasteiger partial charge in [-0.3, -0.25) is 24.6 Å². The summed E-state index contributed by atoms with van der Waals surface area (Å²) >= 11 is 13.0. The Hall–Kier alpha value is -3.12. The van der Waals surface area contributed by atoms with Crippen LogP contribution in [0.3, 0.4) is 0 Å². The van der Waals surface area contributed by atoms with Crippen molar-refractivity contribution < 1.29 is 33.9 Å². The number of amides is 1. The van der Waals surface area contributed by atoms with Gasteiger partial charge in [-0.2, -0.15) is 0 Å². The number of benzene rings is 2. The number of thioether (sulfide) groups is 1. The molecule has 3 atom stereocenters. The second-order valence-corrected chi connectivity index (χ2v) is 11.5. The summed E-state index contributed by atoms with van der Waals surface area (Å²) in [4.78, 5) is 50.8. The van der Waals surface area contributed by atoms with Gasteiger partial charge in [0.05, 0.1) is 16.9 Å². The van der Waals surface area contributed by atoms with Crippen molar-refractivity contribution in [2.45, 2.75) is 45.9 Å². The number of alkyl halides is 1. The SMILES string of the molecule is C[C@@H](O)[C@H]1C(=O)N(C(C(=O)OCc2ccc([N+](=O)[O-])cc2)=C(Oc2ccc(Cl)cc2)SC(=O)C(C)(C)C)[C@H]1Cl. The lowest BCUT2D eigenvalue weighted by Gasteiger charge is -2.45. The second-order valence-electron chi connectivity index (χ2n) is 9.68. The highest BCUT2D eigenvalue weighted by molar-refractivity contribution is 8.16. The average molecular weight is 597 g/mol. The Morgan fingerprint density at radius 1 is 1.15 bits per heavy atom. The van der Waals surface area contributed by atoms with E-state index in [1.807, 2.05) is 0 Å². The van der Waals surface area contributed by atoms with Gasteiger partial charge in [0.2, 0.25) is 11.0 Å². The highest BCUT2D eigenvalue weighted by atomic mass is 35.5. The first-order valence-electron chi connectivity index (χ1n) is 11.7. The van der Waals surface area contributed by atoms with Gasteiger partial charge in [0.25, 0.3) is 5.69 Å². The van der Waals surface area contributed by atoms with Crippen molar-refractivity contribution in [2.24, 2.45) is 11.3 Å². The number of aliphatic hydroxyl groups excluding tert-OH is 1. The molecule has 208 valence electrons. The molecule has 0 aliphatic carbocycles. The Bertz CT molecular complexity index is 1290. The van der Waals surface area contributed by atoms with Crippen LogP contribution in [0.5, 0.6) is 5.75 Å². The maximum absolute atomic E-state index is 13.5. The third-order valence-corrected chi connectivity index (χ3v) is 7.53. The first kappa shape index (κ1) is 30.4. The van der Waals surface area contributed by atoms with Crippen LogP contribution in [0.1, 0.15) is 33.3 Å². The molecule has 1 aliphatic heterocycles. The number of aliphatic hydroxyl groups is 1. The zero-order valence-electron chi connectivity index (χ0n) is 21.4. The van der Waals surface area contributed by atoms with Crippen LogP contribution in [0, 0.1) is 21.4 Å². The number of nitrogens with zero attached hydrogens (tertiary/aromatic N) is 2. The number of nitro groups is 1. The molecule has 1 N–H and O–H groups in total. The van der Waals surface area contributed by atoms with Crippen molar-refractivity contribution in [2.75, 3.05) is 0 Å². The summed E-state index contributed by atoms with van der Waals surface area (Å²) in [6.45, 7) is 6.13. The molecule has 1 amide bonds. The summed E-state index contributed by atoms with van der Waals surface area (Å²) in [5.74, 6) is -2.47. The van der Waals surface area contributed by atoms with E-state index in [0.29, 0.717) is 22.3 Å². The van der Waals surface area contributed by atoms with Gasteiger partial charge in [-0.25, -0.2) is 4.79 Å². The van der Waals surface area contributed by atoms with Crippen molar-refractivity contribution in [3.05, 3.63) is 80.0 Å². The fraction of sp³-hybridized carbons (Fsp3) is 0.346. The highest BCUT2D eigenvalue weighted by Gasteiger charge is 2.53. The van der Waals surface area contributed by atoms with Crippen LogP contribution in [-0.2, 0) is 25.7 Å². The number of nitro benzene ring substituents is 1. The molecule has 2 aromatic rings. The first-order valence-corrected chi connectivity index (χ1v) is 13.3. The van der Waals surface area contributed by atoms with Crippen molar-refractivity contribution in [3.63, 3.8) is 0 Å². The van der Waals surface area contributed by atoms with E-state index in [9.17, 15) is 29.6 Å². The molecule has 39 heavy (non-hydrogen) atoms. The van der Waals surface area contributed by atoms with Gasteiger partial charge in [-0.15, -0.1) is 0 Å². The summed E-state index contributed by atoms with van der Waals surface area (Å²) in [5.41, 5.74) is -2.10. The van der Waals surface area contributed by atoms with Crippen LogP contribution in [-0.4, -0.2) is 43.5 Å². The third-order valence-electron chi connectivity index (χ3n) is 5.55. The minimum absolute atomic E-state index is 0.137. The molecule has 1 heterocycles. The lowest BCUT2D eigenvalue weighted by atomic mass is 9.92. The number of non-ortho nitro benzene ring substituents is 1. The zero-order valence-corrected chi connectivity index (χ0v) is 23.7. The molecule has 3 rings (SSSR count). The molecule has 0 radical (unpaired) electrons.